The van der Waals surface area contributed by atoms with Crippen molar-refractivity contribution in [2.24, 2.45) is 0 Å². The van der Waals surface area contributed by atoms with Crippen molar-refractivity contribution < 1.29 is 13.9 Å². The van der Waals surface area contributed by atoms with Crippen molar-refractivity contribution in [3.8, 4) is 11.5 Å². The average Bonchev–Trinajstić information content (AvgIpc) is 3.16. The smallest absolute Gasteiger partial charge is 0.243 e. The van der Waals surface area contributed by atoms with Crippen LogP contribution < -0.4 is 14.8 Å². The van der Waals surface area contributed by atoms with E-state index in [1.807, 2.05) is 19.9 Å². The first-order chi connectivity index (χ1) is 13.6. The Morgan fingerprint density at radius 3 is 2.57 bits per heavy atom. The van der Waals surface area contributed by atoms with Crippen molar-refractivity contribution in [2.75, 3.05) is 11.9 Å². The Bertz CT molecular complexity index is 917. The number of aromatic nitrogens is 4. The molecule has 1 N–H and O–H groups in total. The first kappa shape index (κ1) is 19.9. The van der Waals surface area contributed by atoms with Crippen LogP contribution in [0.1, 0.15) is 25.0 Å². The average molecular weight is 406 g/mol. The molecule has 0 aliphatic heterocycles. The molecule has 0 radical (unpaired) electrons. The summed E-state index contributed by atoms with van der Waals surface area (Å²) in [4.78, 5) is 0. The predicted octanol–water partition coefficient (Wildman–Crippen LogP) is 4.08. The lowest BCUT2D eigenvalue weighted by Crippen LogP contribution is -2.09. The van der Waals surface area contributed by atoms with Crippen molar-refractivity contribution in [2.45, 2.75) is 33.5 Å². The lowest BCUT2D eigenvalue weighted by atomic mass is 10.2. The molecule has 0 saturated carbocycles. The van der Waals surface area contributed by atoms with Gasteiger partial charge in [-0.25, -0.2) is 9.07 Å². The number of halogens is 2. The molecule has 3 aromatic rings. The minimum Gasteiger partial charge on any atom is -0.490 e. The van der Waals surface area contributed by atoms with Gasteiger partial charge in [0, 0.05) is 24.2 Å². The van der Waals surface area contributed by atoms with Gasteiger partial charge in [0.1, 0.15) is 12.4 Å². The highest BCUT2D eigenvalue weighted by Gasteiger charge is 2.13. The zero-order valence-corrected chi connectivity index (χ0v) is 16.4. The molecule has 0 spiro atoms. The summed E-state index contributed by atoms with van der Waals surface area (Å²) in [5.74, 6) is 1.39. The molecular weight excluding hydrogens is 385 g/mol. The van der Waals surface area contributed by atoms with Crippen molar-refractivity contribution in [3.63, 3.8) is 0 Å². The van der Waals surface area contributed by atoms with Gasteiger partial charge in [-0.15, -0.1) is 0 Å². The van der Waals surface area contributed by atoms with E-state index in [1.54, 1.807) is 22.9 Å². The molecule has 2 aromatic carbocycles. The highest BCUT2D eigenvalue weighted by atomic mass is 35.5. The van der Waals surface area contributed by atoms with Crippen LogP contribution in [0.5, 0.6) is 11.5 Å². The van der Waals surface area contributed by atoms with Gasteiger partial charge in [-0.3, -0.25) is 0 Å². The summed E-state index contributed by atoms with van der Waals surface area (Å²) in [6.07, 6.45) is 0. The van der Waals surface area contributed by atoms with E-state index >= 15 is 0 Å². The normalized spacial score (nSPS) is 10.7. The summed E-state index contributed by atoms with van der Waals surface area (Å²) >= 11 is 6.43. The van der Waals surface area contributed by atoms with Gasteiger partial charge in [-0.05, 0) is 53.6 Å². The SMILES string of the molecule is CCOc1cc(CNc2nnnn2CC)c(Cl)cc1OCc1ccc(F)cc1. The number of aryl methyl sites for hydroxylation is 1. The summed E-state index contributed by atoms with van der Waals surface area (Å²) in [5.41, 5.74) is 1.67. The summed E-state index contributed by atoms with van der Waals surface area (Å²) < 4.78 is 26.2. The Morgan fingerprint density at radius 1 is 1.11 bits per heavy atom. The van der Waals surface area contributed by atoms with Gasteiger partial charge in [0.15, 0.2) is 11.5 Å². The van der Waals surface area contributed by atoms with Gasteiger partial charge < -0.3 is 14.8 Å². The standard InChI is InChI=1S/C19H21ClFN5O2/c1-3-26-19(23-24-25-26)22-11-14-9-17(27-4-2)18(10-16(14)20)28-12-13-5-7-15(21)8-6-13/h5-10H,3-4,11-12H2,1-2H3,(H,22,23,25). The molecule has 0 amide bonds. The van der Waals surface area contributed by atoms with E-state index in [0.717, 1.165) is 11.1 Å². The van der Waals surface area contributed by atoms with Gasteiger partial charge in [0.05, 0.1) is 6.61 Å². The second kappa shape index (κ2) is 9.36. The third kappa shape index (κ3) is 4.89. The quantitative estimate of drug-likeness (QED) is 0.578. The number of tetrazole rings is 1. The largest absolute Gasteiger partial charge is 0.490 e. The highest BCUT2D eigenvalue weighted by Crippen LogP contribution is 2.34. The molecule has 0 saturated heterocycles. The van der Waals surface area contributed by atoms with Crippen LogP contribution in [0.25, 0.3) is 0 Å². The Labute approximate surface area is 167 Å². The first-order valence-corrected chi connectivity index (χ1v) is 9.31. The van der Waals surface area contributed by atoms with Gasteiger partial charge in [0.2, 0.25) is 5.95 Å². The van der Waals surface area contributed by atoms with E-state index in [-0.39, 0.29) is 12.4 Å². The number of hydrogen-bond donors (Lipinski definition) is 1. The maximum atomic E-state index is 13.0. The van der Waals surface area contributed by atoms with Crippen molar-refractivity contribution >= 4 is 17.5 Å². The number of anilines is 1. The molecule has 0 aliphatic carbocycles. The van der Waals surface area contributed by atoms with E-state index < -0.39 is 0 Å². The Kier molecular flexibility index (Phi) is 6.65. The van der Waals surface area contributed by atoms with E-state index in [1.165, 1.54) is 12.1 Å². The summed E-state index contributed by atoms with van der Waals surface area (Å²) in [6.45, 7) is 5.69. The van der Waals surface area contributed by atoms with E-state index in [9.17, 15) is 4.39 Å². The zero-order chi connectivity index (χ0) is 19.9. The second-order valence-electron chi connectivity index (χ2n) is 5.91. The summed E-state index contributed by atoms with van der Waals surface area (Å²) in [5, 5.41) is 15.2. The van der Waals surface area contributed by atoms with E-state index in [0.29, 0.717) is 42.2 Å². The lowest BCUT2D eigenvalue weighted by molar-refractivity contribution is 0.269. The van der Waals surface area contributed by atoms with Crippen molar-refractivity contribution in [1.82, 2.24) is 20.2 Å². The molecule has 0 atom stereocenters. The zero-order valence-electron chi connectivity index (χ0n) is 15.7. The number of rotatable bonds is 9. The third-order valence-electron chi connectivity index (χ3n) is 3.99. The number of benzene rings is 2. The molecule has 0 aliphatic rings. The molecule has 0 unspecified atom stereocenters. The minimum atomic E-state index is -0.284. The monoisotopic (exact) mass is 405 g/mol. The Morgan fingerprint density at radius 2 is 1.86 bits per heavy atom. The van der Waals surface area contributed by atoms with E-state index in [2.05, 4.69) is 20.8 Å². The maximum absolute atomic E-state index is 13.0. The molecule has 0 fully saturated rings. The van der Waals surface area contributed by atoms with Crippen LogP contribution in [0, 0.1) is 5.82 Å². The van der Waals surface area contributed by atoms with Gasteiger partial charge in [-0.1, -0.05) is 28.8 Å². The number of hydrogen-bond acceptors (Lipinski definition) is 6. The third-order valence-corrected chi connectivity index (χ3v) is 4.34. The fraction of sp³-hybridized carbons (Fsp3) is 0.316. The van der Waals surface area contributed by atoms with Gasteiger partial charge in [-0.2, -0.15) is 0 Å². The fourth-order valence-corrected chi connectivity index (χ4v) is 2.77. The topological polar surface area (TPSA) is 74.1 Å². The predicted molar refractivity (Wildman–Crippen MR) is 104 cm³/mol. The minimum absolute atomic E-state index is 0.277. The van der Waals surface area contributed by atoms with Gasteiger partial charge in [0.25, 0.3) is 0 Å². The molecule has 1 aromatic heterocycles. The molecule has 7 nitrogen and oxygen atoms in total. The molecule has 3 rings (SSSR count). The van der Waals surface area contributed by atoms with Crippen LogP contribution in [0.4, 0.5) is 10.3 Å². The number of nitrogens with one attached hydrogen (secondary N) is 1. The van der Waals surface area contributed by atoms with Crippen LogP contribution >= 0.6 is 11.6 Å². The van der Waals surface area contributed by atoms with Crippen LogP contribution in [-0.4, -0.2) is 26.8 Å². The molecule has 9 heteroatoms. The van der Waals surface area contributed by atoms with Crippen molar-refractivity contribution in [1.29, 1.82) is 0 Å². The summed E-state index contributed by atoms with van der Waals surface area (Å²) in [6, 6.07) is 9.69. The summed E-state index contributed by atoms with van der Waals surface area (Å²) in [7, 11) is 0. The fourth-order valence-electron chi connectivity index (χ4n) is 2.55. The van der Waals surface area contributed by atoms with Crippen LogP contribution in [0.2, 0.25) is 5.02 Å². The maximum Gasteiger partial charge on any atom is 0.243 e. The Balaban J connectivity index is 1.74. The molecule has 28 heavy (non-hydrogen) atoms. The van der Waals surface area contributed by atoms with Crippen LogP contribution in [-0.2, 0) is 19.7 Å². The Hall–Kier alpha value is -2.87. The lowest BCUT2D eigenvalue weighted by Gasteiger charge is -2.15. The molecule has 0 bridgehead atoms. The van der Waals surface area contributed by atoms with Crippen LogP contribution in [0.15, 0.2) is 36.4 Å². The first-order valence-electron chi connectivity index (χ1n) is 8.93. The van der Waals surface area contributed by atoms with Crippen molar-refractivity contribution in [3.05, 3.63) is 58.4 Å². The van der Waals surface area contributed by atoms with Gasteiger partial charge >= 0.3 is 0 Å². The molecular formula is C19H21ClFN5O2. The van der Waals surface area contributed by atoms with E-state index in [4.69, 9.17) is 21.1 Å². The van der Waals surface area contributed by atoms with Crippen LogP contribution in [0.3, 0.4) is 0 Å². The highest BCUT2D eigenvalue weighted by molar-refractivity contribution is 6.31. The molecule has 148 valence electrons. The number of nitrogens with zero attached hydrogens (tertiary/aromatic N) is 4. The number of ether oxygens (including phenoxy) is 2. The second-order valence-corrected chi connectivity index (χ2v) is 6.32. The molecule has 1 heterocycles.